The summed E-state index contributed by atoms with van der Waals surface area (Å²) >= 11 is 1.39. The van der Waals surface area contributed by atoms with Crippen molar-refractivity contribution in [2.45, 2.75) is 38.1 Å². The number of aliphatic hydroxyl groups is 1. The summed E-state index contributed by atoms with van der Waals surface area (Å²) in [5.74, 6) is 0.313. The molecule has 14 heavy (non-hydrogen) atoms. The molecule has 1 aliphatic carbocycles. The molecule has 0 atom stereocenters. The summed E-state index contributed by atoms with van der Waals surface area (Å²) < 4.78 is 1.98. The van der Waals surface area contributed by atoms with Gasteiger partial charge in [0.15, 0.2) is 0 Å². The van der Waals surface area contributed by atoms with Gasteiger partial charge in [0.1, 0.15) is 0 Å². The molecule has 78 valence electrons. The summed E-state index contributed by atoms with van der Waals surface area (Å²) in [5, 5.41) is 12.7. The van der Waals surface area contributed by atoms with Crippen molar-refractivity contribution in [1.29, 1.82) is 0 Å². The van der Waals surface area contributed by atoms with E-state index in [1.54, 1.807) is 12.3 Å². The van der Waals surface area contributed by atoms with Gasteiger partial charge in [-0.1, -0.05) is 0 Å². The number of nitrogens with one attached hydrogen (secondary N) is 1. The quantitative estimate of drug-likeness (QED) is 0.593. The molecule has 3 heteroatoms. The van der Waals surface area contributed by atoms with Crippen LogP contribution >= 0.6 is 0 Å². The molecule has 2 nitrogen and oxygen atoms in total. The minimum atomic E-state index is 0.313. The average Bonchev–Trinajstić information content (AvgIpc) is 2.25. The second kappa shape index (κ2) is 7.00. The maximum atomic E-state index is 9.41. The topological polar surface area (TPSA) is 32.3 Å². The van der Waals surface area contributed by atoms with Gasteiger partial charge >= 0.3 is 96.4 Å². The van der Waals surface area contributed by atoms with Crippen molar-refractivity contribution in [3.63, 3.8) is 0 Å². The van der Waals surface area contributed by atoms with Gasteiger partial charge < -0.3 is 0 Å². The Labute approximate surface area is 96.5 Å². The standard InChI is InChI=1S/C11H17NO.W/c1-2-6-11(13)9-12-10-7-4-3-5-8-10;/h1-2,6,9-10,12-13H,3-5,7-8H2;. The molecule has 1 rings (SSSR count). The van der Waals surface area contributed by atoms with Crippen molar-refractivity contribution >= 4 is 4.40 Å². The second-order valence-corrected chi connectivity index (χ2v) is 4.54. The van der Waals surface area contributed by atoms with Gasteiger partial charge in [0.25, 0.3) is 0 Å². The summed E-state index contributed by atoms with van der Waals surface area (Å²) in [7, 11) is 0. The van der Waals surface area contributed by atoms with E-state index < -0.39 is 0 Å². The average molecular weight is 363 g/mol. The molecule has 1 fully saturated rings. The number of aliphatic hydroxyl groups excluding tert-OH is 1. The van der Waals surface area contributed by atoms with Crippen molar-refractivity contribution in [1.82, 2.24) is 5.32 Å². The summed E-state index contributed by atoms with van der Waals surface area (Å²) in [4.78, 5) is 0. The zero-order chi connectivity index (χ0) is 10.2. The Morgan fingerprint density at radius 1 is 1.29 bits per heavy atom. The van der Waals surface area contributed by atoms with E-state index in [1.165, 1.54) is 51.5 Å². The van der Waals surface area contributed by atoms with Crippen molar-refractivity contribution in [2.24, 2.45) is 0 Å². The third kappa shape index (κ3) is 4.76. The zero-order valence-corrected chi connectivity index (χ0v) is 11.2. The molecule has 1 saturated carbocycles. The molecule has 0 saturated heterocycles. The molecule has 0 aromatic heterocycles. The van der Waals surface area contributed by atoms with Crippen molar-refractivity contribution in [3.05, 3.63) is 24.1 Å². The zero-order valence-electron chi connectivity index (χ0n) is 8.28. The van der Waals surface area contributed by atoms with E-state index in [0.29, 0.717) is 11.8 Å². The van der Waals surface area contributed by atoms with Gasteiger partial charge in [0.2, 0.25) is 0 Å². The summed E-state index contributed by atoms with van der Waals surface area (Å²) in [6.07, 6.45) is 11.7. The molecule has 1 aliphatic rings. The Kier molecular flexibility index (Phi) is 5.86. The van der Waals surface area contributed by atoms with Crippen LogP contribution in [-0.2, 0) is 19.4 Å². The van der Waals surface area contributed by atoms with Crippen LogP contribution < -0.4 is 5.32 Å². The van der Waals surface area contributed by atoms with Crippen molar-refractivity contribution < 1.29 is 24.5 Å². The molecule has 0 radical (unpaired) electrons. The summed E-state index contributed by atoms with van der Waals surface area (Å²) in [6.45, 7) is 0. The second-order valence-electron chi connectivity index (χ2n) is 3.57. The van der Waals surface area contributed by atoms with Crippen LogP contribution in [0.5, 0.6) is 0 Å². The van der Waals surface area contributed by atoms with Crippen LogP contribution in [0, 0.1) is 0 Å². The molecule has 2 N–H and O–H groups in total. The summed E-state index contributed by atoms with van der Waals surface area (Å²) in [6, 6.07) is 0.565. The molecule has 0 spiro atoms. The van der Waals surface area contributed by atoms with E-state index in [-0.39, 0.29) is 0 Å². The van der Waals surface area contributed by atoms with E-state index in [9.17, 15) is 5.11 Å². The Balaban J connectivity index is 2.29. The Bertz CT molecular complexity index is 229. The molecule has 0 heterocycles. The number of allylic oxidation sites excluding steroid dienone is 2. The number of hydrogen-bond donors (Lipinski definition) is 2. The monoisotopic (exact) mass is 363 g/mol. The minimum absolute atomic E-state index is 0.313. The van der Waals surface area contributed by atoms with E-state index in [2.05, 4.69) is 5.32 Å². The fourth-order valence-electron chi connectivity index (χ4n) is 1.66. The van der Waals surface area contributed by atoms with Gasteiger partial charge in [-0.15, -0.1) is 0 Å². The van der Waals surface area contributed by atoms with Crippen LogP contribution in [0.15, 0.2) is 24.1 Å². The van der Waals surface area contributed by atoms with Crippen LogP contribution in [0.25, 0.3) is 0 Å². The van der Waals surface area contributed by atoms with Crippen LogP contribution in [0.4, 0.5) is 0 Å². The van der Waals surface area contributed by atoms with Crippen molar-refractivity contribution in [3.8, 4) is 0 Å². The maximum absolute atomic E-state index is 9.41. The first-order valence-corrected chi connectivity index (χ1v) is 6.79. The molecular weight excluding hydrogens is 346 g/mol. The fraction of sp³-hybridized carbons (Fsp3) is 0.545. The van der Waals surface area contributed by atoms with Crippen LogP contribution in [-0.4, -0.2) is 15.5 Å². The van der Waals surface area contributed by atoms with E-state index in [4.69, 9.17) is 0 Å². The molecule has 0 unspecified atom stereocenters. The van der Waals surface area contributed by atoms with Gasteiger partial charge in [-0.2, -0.15) is 0 Å². The van der Waals surface area contributed by atoms with Gasteiger partial charge in [0, 0.05) is 0 Å². The van der Waals surface area contributed by atoms with Gasteiger partial charge in [-0.05, 0) is 0 Å². The fourth-order valence-corrected chi connectivity index (χ4v) is 1.94. The van der Waals surface area contributed by atoms with E-state index in [1.807, 2.05) is 10.5 Å². The molecule has 0 amide bonds. The van der Waals surface area contributed by atoms with Crippen LogP contribution in [0.1, 0.15) is 32.1 Å². The molecular formula is C11H17NOW. The Morgan fingerprint density at radius 3 is 2.64 bits per heavy atom. The first-order valence-electron chi connectivity index (χ1n) is 5.10. The van der Waals surface area contributed by atoms with Gasteiger partial charge in [0.05, 0.1) is 0 Å². The molecule has 0 aromatic rings. The normalized spacial score (nSPS) is 19.9. The van der Waals surface area contributed by atoms with Crippen LogP contribution in [0.2, 0.25) is 0 Å². The Hall–Kier alpha value is -0.362. The van der Waals surface area contributed by atoms with Gasteiger partial charge in [-0.25, -0.2) is 0 Å². The first kappa shape index (κ1) is 11.7. The third-order valence-electron chi connectivity index (χ3n) is 2.42. The SMILES string of the molecule is OC(C=C[CH]=[W])=CNC1CCCCC1. The van der Waals surface area contributed by atoms with Crippen LogP contribution in [0.3, 0.4) is 0 Å². The number of hydrogen-bond acceptors (Lipinski definition) is 2. The van der Waals surface area contributed by atoms with Gasteiger partial charge in [-0.3, -0.25) is 0 Å². The predicted octanol–water partition coefficient (Wildman–Crippen LogP) is 2.21. The van der Waals surface area contributed by atoms with Crippen molar-refractivity contribution in [2.75, 3.05) is 0 Å². The molecule has 0 aliphatic heterocycles. The third-order valence-corrected chi connectivity index (χ3v) is 2.98. The van der Waals surface area contributed by atoms with E-state index in [0.717, 1.165) is 0 Å². The Morgan fingerprint density at radius 2 is 2.00 bits per heavy atom. The molecule has 0 aromatic carbocycles. The molecule has 0 bridgehead atoms. The van der Waals surface area contributed by atoms with E-state index >= 15 is 0 Å². The number of rotatable bonds is 4. The summed E-state index contributed by atoms with van der Waals surface area (Å²) in [5.41, 5.74) is 0. The first-order chi connectivity index (χ1) is 6.83. The predicted molar refractivity (Wildman–Crippen MR) is 55.9 cm³/mol.